The lowest BCUT2D eigenvalue weighted by molar-refractivity contribution is 0.425. The highest BCUT2D eigenvalue weighted by Gasteiger charge is 2.20. The average Bonchev–Trinajstić information content (AvgIpc) is 3.11. The van der Waals surface area contributed by atoms with Crippen molar-refractivity contribution >= 4 is 5.82 Å². The van der Waals surface area contributed by atoms with Crippen LogP contribution in [0.3, 0.4) is 0 Å². The lowest BCUT2D eigenvalue weighted by Gasteiger charge is -2.07. The Balaban J connectivity index is 1.75. The molecule has 94 valence electrons. The Morgan fingerprint density at radius 1 is 1.44 bits per heavy atom. The quantitative estimate of drug-likeness (QED) is 0.876. The molecule has 2 aromatic rings. The lowest BCUT2D eigenvalue weighted by atomic mass is 10.2. The van der Waals surface area contributed by atoms with E-state index in [0.717, 1.165) is 23.8 Å². The molecule has 0 atom stereocenters. The molecule has 18 heavy (non-hydrogen) atoms. The van der Waals surface area contributed by atoms with E-state index in [4.69, 9.17) is 4.52 Å². The van der Waals surface area contributed by atoms with Gasteiger partial charge >= 0.3 is 0 Å². The summed E-state index contributed by atoms with van der Waals surface area (Å²) in [6, 6.07) is 3.82. The molecular formula is C13H16N4O. The topological polar surface area (TPSA) is 63.8 Å². The Morgan fingerprint density at radius 2 is 2.33 bits per heavy atom. The predicted octanol–water partition coefficient (Wildman–Crippen LogP) is 2.65. The van der Waals surface area contributed by atoms with Crippen molar-refractivity contribution in [3.05, 3.63) is 24.2 Å². The number of hydrogen-bond acceptors (Lipinski definition) is 5. The highest BCUT2D eigenvalue weighted by molar-refractivity contribution is 5.68. The third-order valence-electron chi connectivity index (χ3n) is 3.11. The second-order valence-corrected chi connectivity index (χ2v) is 4.71. The van der Waals surface area contributed by atoms with Crippen LogP contribution in [-0.4, -0.2) is 21.7 Å². The highest BCUT2D eigenvalue weighted by atomic mass is 16.5. The van der Waals surface area contributed by atoms with Crippen LogP contribution in [0.5, 0.6) is 0 Å². The molecule has 5 heteroatoms. The molecule has 1 aliphatic carbocycles. The van der Waals surface area contributed by atoms with Crippen LogP contribution in [0.2, 0.25) is 0 Å². The minimum atomic E-state index is 0.523. The maximum atomic E-state index is 5.19. The van der Waals surface area contributed by atoms with Crippen LogP contribution in [0.1, 0.15) is 25.1 Å². The first-order valence-electron chi connectivity index (χ1n) is 6.32. The van der Waals surface area contributed by atoms with Crippen molar-refractivity contribution in [2.45, 2.75) is 26.2 Å². The Bertz CT molecular complexity index is 533. The van der Waals surface area contributed by atoms with E-state index in [1.54, 1.807) is 6.20 Å². The summed E-state index contributed by atoms with van der Waals surface area (Å²) in [7, 11) is 0. The first-order chi connectivity index (χ1) is 8.83. The van der Waals surface area contributed by atoms with Gasteiger partial charge in [0.15, 0.2) is 5.82 Å². The zero-order chi connectivity index (χ0) is 12.4. The van der Waals surface area contributed by atoms with E-state index < -0.39 is 0 Å². The Labute approximate surface area is 106 Å². The second-order valence-electron chi connectivity index (χ2n) is 4.71. The van der Waals surface area contributed by atoms with Gasteiger partial charge < -0.3 is 9.84 Å². The molecule has 5 nitrogen and oxygen atoms in total. The number of aryl methyl sites for hydroxylation is 1. The molecule has 3 rings (SSSR count). The van der Waals surface area contributed by atoms with Crippen LogP contribution in [-0.2, 0) is 0 Å². The Hall–Kier alpha value is -1.91. The van der Waals surface area contributed by atoms with Gasteiger partial charge in [-0.2, -0.15) is 4.98 Å². The monoisotopic (exact) mass is 244 g/mol. The molecule has 2 heterocycles. The summed E-state index contributed by atoms with van der Waals surface area (Å²) in [4.78, 5) is 8.58. The lowest BCUT2D eigenvalue weighted by Crippen LogP contribution is -2.05. The van der Waals surface area contributed by atoms with Gasteiger partial charge in [0.2, 0.25) is 0 Å². The Morgan fingerprint density at radius 3 is 3.06 bits per heavy atom. The average molecular weight is 244 g/mol. The third kappa shape index (κ3) is 2.50. The summed E-state index contributed by atoms with van der Waals surface area (Å²) < 4.78 is 5.19. The van der Waals surface area contributed by atoms with Crippen LogP contribution in [0.4, 0.5) is 5.82 Å². The molecule has 1 N–H and O–H groups in total. The van der Waals surface area contributed by atoms with Gasteiger partial charge in [-0.3, -0.25) is 0 Å². The smallest absolute Gasteiger partial charge is 0.261 e. The van der Waals surface area contributed by atoms with E-state index in [1.807, 2.05) is 19.1 Å². The fourth-order valence-electron chi connectivity index (χ4n) is 1.93. The SMILES string of the molecule is Cc1noc(-c2cccnc2NCCC2CC2)n1. The first-order valence-corrected chi connectivity index (χ1v) is 6.32. The van der Waals surface area contributed by atoms with Gasteiger partial charge in [0, 0.05) is 12.7 Å². The summed E-state index contributed by atoms with van der Waals surface area (Å²) in [5.41, 5.74) is 0.869. The van der Waals surface area contributed by atoms with Crippen molar-refractivity contribution in [2.24, 2.45) is 5.92 Å². The molecule has 0 aromatic carbocycles. The molecule has 1 fully saturated rings. The fourth-order valence-corrected chi connectivity index (χ4v) is 1.93. The summed E-state index contributed by atoms with van der Waals surface area (Å²) in [6.07, 6.45) is 5.73. The molecule has 0 amide bonds. The van der Waals surface area contributed by atoms with Gasteiger partial charge in [-0.1, -0.05) is 18.0 Å². The molecule has 0 aliphatic heterocycles. The van der Waals surface area contributed by atoms with Gasteiger partial charge in [-0.25, -0.2) is 4.98 Å². The van der Waals surface area contributed by atoms with Crippen molar-refractivity contribution in [1.82, 2.24) is 15.1 Å². The molecule has 0 saturated heterocycles. The van der Waals surface area contributed by atoms with E-state index in [-0.39, 0.29) is 0 Å². The van der Waals surface area contributed by atoms with Crippen LogP contribution in [0.25, 0.3) is 11.5 Å². The van der Waals surface area contributed by atoms with E-state index in [9.17, 15) is 0 Å². The number of pyridine rings is 1. The molecule has 0 unspecified atom stereocenters. The van der Waals surface area contributed by atoms with Crippen molar-refractivity contribution in [1.29, 1.82) is 0 Å². The normalized spacial score (nSPS) is 14.7. The second kappa shape index (κ2) is 4.76. The number of aromatic nitrogens is 3. The zero-order valence-corrected chi connectivity index (χ0v) is 10.4. The zero-order valence-electron chi connectivity index (χ0n) is 10.4. The molecule has 2 aromatic heterocycles. The third-order valence-corrected chi connectivity index (χ3v) is 3.11. The van der Waals surface area contributed by atoms with E-state index in [2.05, 4.69) is 20.4 Å². The summed E-state index contributed by atoms with van der Waals surface area (Å²) in [5, 5.41) is 7.16. The highest BCUT2D eigenvalue weighted by Crippen LogP contribution is 2.32. The van der Waals surface area contributed by atoms with Crippen molar-refractivity contribution in [2.75, 3.05) is 11.9 Å². The summed E-state index contributed by atoms with van der Waals surface area (Å²) >= 11 is 0. The van der Waals surface area contributed by atoms with Crippen molar-refractivity contribution < 1.29 is 4.52 Å². The van der Waals surface area contributed by atoms with Crippen LogP contribution in [0, 0.1) is 12.8 Å². The van der Waals surface area contributed by atoms with Gasteiger partial charge in [-0.15, -0.1) is 0 Å². The van der Waals surface area contributed by atoms with Crippen LogP contribution in [0.15, 0.2) is 22.9 Å². The maximum Gasteiger partial charge on any atom is 0.261 e. The molecule has 1 aliphatic rings. The fraction of sp³-hybridized carbons (Fsp3) is 0.462. The van der Waals surface area contributed by atoms with Crippen LogP contribution < -0.4 is 5.32 Å². The first kappa shape index (κ1) is 11.2. The largest absolute Gasteiger partial charge is 0.369 e. The number of nitrogens with one attached hydrogen (secondary N) is 1. The summed E-state index contributed by atoms with van der Waals surface area (Å²) in [6.45, 7) is 2.76. The number of rotatable bonds is 5. The minimum absolute atomic E-state index is 0.523. The van der Waals surface area contributed by atoms with Crippen LogP contribution >= 0.6 is 0 Å². The molecule has 0 radical (unpaired) electrons. The number of nitrogens with zero attached hydrogens (tertiary/aromatic N) is 3. The van der Waals surface area contributed by atoms with Gasteiger partial charge in [0.1, 0.15) is 5.82 Å². The summed E-state index contributed by atoms with van der Waals surface area (Å²) in [5.74, 6) is 2.89. The predicted molar refractivity (Wildman–Crippen MR) is 68.1 cm³/mol. The standard InChI is InChI=1S/C13H16N4O/c1-9-16-13(18-17-9)11-3-2-7-14-12(11)15-8-6-10-4-5-10/h2-3,7,10H,4-6,8H2,1H3,(H,14,15). The van der Waals surface area contributed by atoms with E-state index in [1.165, 1.54) is 19.3 Å². The molecule has 0 bridgehead atoms. The van der Waals surface area contributed by atoms with Crippen molar-refractivity contribution in [3.63, 3.8) is 0 Å². The van der Waals surface area contributed by atoms with Gasteiger partial charge in [0.25, 0.3) is 5.89 Å². The minimum Gasteiger partial charge on any atom is -0.369 e. The Kier molecular flexibility index (Phi) is 2.96. The van der Waals surface area contributed by atoms with Gasteiger partial charge in [0.05, 0.1) is 5.56 Å². The van der Waals surface area contributed by atoms with E-state index in [0.29, 0.717) is 11.7 Å². The number of hydrogen-bond donors (Lipinski definition) is 1. The molecule has 0 spiro atoms. The maximum absolute atomic E-state index is 5.19. The van der Waals surface area contributed by atoms with E-state index >= 15 is 0 Å². The molecule has 1 saturated carbocycles. The van der Waals surface area contributed by atoms with Gasteiger partial charge in [-0.05, 0) is 31.4 Å². The number of anilines is 1. The molecular weight excluding hydrogens is 228 g/mol. The van der Waals surface area contributed by atoms with Crippen molar-refractivity contribution in [3.8, 4) is 11.5 Å².